The van der Waals surface area contributed by atoms with Crippen LogP contribution in [0.25, 0.3) is 0 Å². The standard InChI is InChI=1S/C25H32FN7O3S/c1-4-15(2)22-31-32-24(33(22)25(3)7-8-25)36-14-16-9-17(10-16)18-12-28-23(29-13-18)30-21-6-5-19(11-20(21)26)37(27,34)35/h5-6,11-13,15-17H,4,7-10,14H2,1-3H3,(H2,27,34,35)(H,28,29,30)/t15-,16?,17?/m0/s1. The van der Waals surface area contributed by atoms with Crippen LogP contribution in [0.4, 0.5) is 16.0 Å². The van der Waals surface area contributed by atoms with Crippen molar-refractivity contribution in [3.05, 3.63) is 47.8 Å². The first-order valence-corrected chi connectivity index (χ1v) is 14.1. The summed E-state index contributed by atoms with van der Waals surface area (Å²) in [4.78, 5) is 8.29. The molecule has 2 fully saturated rings. The number of nitrogens with two attached hydrogens (primary N) is 1. The molecule has 0 unspecified atom stereocenters. The third-order valence-corrected chi connectivity index (χ3v) is 8.48. The van der Waals surface area contributed by atoms with Crippen LogP contribution in [0.15, 0.2) is 35.5 Å². The number of primary sulfonamides is 1. The summed E-state index contributed by atoms with van der Waals surface area (Å²) in [6.07, 6.45) is 8.64. The van der Waals surface area contributed by atoms with E-state index in [0.717, 1.165) is 49.6 Å². The fourth-order valence-electron chi connectivity index (χ4n) is 4.63. The number of hydrogen-bond donors (Lipinski definition) is 2. The second kappa shape index (κ2) is 9.64. The second-order valence-electron chi connectivity index (χ2n) is 10.5. The molecule has 0 saturated heterocycles. The molecule has 2 heterocycles. The Morgan fingerprint density at radius 1 is 1.24 bits per heavy atom. The van der Waals surface area contributed by atoms with Gasteiger partial charge in [-0.1, -0.05) is 18.9 Å². The highest BCUT2D eigenvalue weighted by Gasteiger charge is 2.44. The van der Waals surface area contributed by atoms with Gasteiger partial charge in [0.05, 0.1) is 17.2 Å². The third-order valence-electron chi connectivity index (χ3n) is 7.57. The lowest BCUT2D eigenvalue weighted by Crippen LogP contribution is -2.28. The monoisotopic (exact) mass is 529 g/mol. The van der Waals surface area contributed by atoms with Gasteiger partial charge in [0.1, 0.15) is 11.6 Å². The Kier molecular flexibility index (Phi) is 6.65. The van der Waals surface area contributed by atoms with Gasteiger partial charge >= 0.3 is 6.01 Å². The number of nitrogens with one attached hydrogen (secondary N) is 1. The topological polar surface area (TPSA) is 138 Å². The van der Waals surface area contributed by atoms with Crippen molar-refractivity contribution in [3.8, 4) is 6.01 Å². The maximum atomic E-state index is 14.3. The quantitative estimate of drug-likeness (QED) is 0.399. The van der Waals surface area contributed by atoms with E-state index in [1.165, 1.54) is 12.1 Å². The van der Waals surface area contributed by atoms with Crippen LogP contribution in [-0.2, 0) is 15.6 Å². The molecule has 1 atom stereocenters. The maximum Gasteiger partial charge on any atom is 0.317 e. The number of rotatable bonds is 10. The van der Waals surface area contributed by atoms with Gasteiger partial charge in [-0.05, 0) is 74.6 Å². The molecular formula is C25H32FN7O3S. The number of hydrogen-bond acceptors (Lipinski definition) is 8. The fourth-order valence-corrected chi connectivity index (χ4v) is 5.16. The Morgan fingerprint density at radius 3 is 2.54 bits per heavy atom. The molecule has 0 aliphatic heterocycles. The van der Waals surface area contributed by atoms with E-state index in [4.69, 9.17) is 9.88 Å². The highest BCUT2D eigenvalue weighted by atomic mass is 32.2. The predicted molar refractivity (Wildman–Crippen MR) is 136 cm³/mol. The lowest BCUT2D eigenvalue weighted by atomic mass is 9.72. The van der Waals surface area contributed by atoms with Gasteiger partial charge in [0, 0.05) is 23.9 Å². The summed E-state index contributed by atoms with van der Waals surface area (Å²) < 4.78 is 45.4. The molecule has 0 bridgehead atoms. The van der Waals surface area contributed by atoms with Crippen molar-refractivity contribution < 1.29 is 17.5 Å². The van der Waals surface area contributed by atoms with Gasteiger partial charge in [0.25, 0.3) is 0 Å². The van der Waals surface area contributed by atoms with Crippen LogP contribution in [0.2, 0.25) is 0 Å². The van der Waals surface area contributed by atoms with E-state index < -0.39 is 15.8 Å². The summed E-state index contributed by atoms with van der Waals surface area (Å²) in [5.74, 6) is 1.56. The Hall–Kier alpha value is -3.12. The number of nitrogens with zero attached hydrogens (tertiary/aromatic N) is 5. The normalized spacial score (nSPS) is 21.2. The Morgan fingerprint density at radius 2 is 1.95 bits per heavy atom. The van der Waals surface area contributed by atoms with Crippen LogP contribution in [0.1, 0.15) is 76.1 Å². The van der Waals surface area contributed by atoms with Crippen LogP contribution < -0.4 is 15.2 Å². The predicted octanol–water partition coefficient (Wildman–Crippen LogP) is 4.19. The van der Waals surface area contributed by atoms with Gasteiger partial charge in [0.15, 0.2) is 0 Å². The van der Waals surface area contributed by atoms with E-state index in [-0.39, 0.29) is 22.1 Å². The minimum Gasteiger partial charge on any atom is -0.463 e. The second-order valence-corrected chi connectivity index (χ2v) is 12.0. The maximum absolute atomic E-state index is 14.3. The summed E-state index contributed by atoms with van der Waals surface area (Å²) in [7, 11) is -3.98. The van der Waals surface area contributed by atoms with Crippen LogP contribution in [0.3, 0.4) is 0 Å². The zero-order chi connectivity index (χ0) is 26.4. The van der Waals surface area contributed by atoms with Crippen molar-refractivity contribution in [1.82, 2.24) is 24.7 Å². The molecule has 0 radical (unpaired) electrons. The summed E-state index contributed by atoms with van der Waals surface area (Å²) in [6, 6.07) is 4.01. The number of aromatic nitrogens is 5. The zero-order valence-electron chi connectivity index (χ0n) is 21.2. The molecule has 2 aliphatic rings. The summed E-state index contributed by atoms with van der Waals surface area (Å²) in [5, 5.41) is 16.6. The Bertz CT molecular complexity index is 1380. The highest BCUT2D eigenvalue weighted by molar-refractivity contribution is 7.89. The molecular weight excluding hydrogens is 497 g/mol. The molecule has 2 saturated carbocycles. The van der Waals surface area contributed by atoms with Crippen LogP contribution in [0.5, 0.6) is 6.01 Å². The molecule has 37 heavy (non-hydrogen) atoms. The SMILES string of the molecule is CC[C@H](C)c1nnc(OCC2CC(c3cnc(Nc4ccc(S(N)(=O)=O)cc4F)nc3)C2)n1C1(C)CC1. The number of halogens is 1. The van der Waals surface area contributed by atoms with Crippen LogP contribution in [0, 0.1) is 11.7 Å². The average Bonchev–Trinajstić information content (AvgIpc) is 3.42. The molecule has 3 aromatic rings. The molecule has 12 heteroatoms. The Labute approximate surface area is 215 Å². The zero-order valence-corrected chi connectivity index (χ0v) is 22.0. The smallest absolute Gasteiger partial charge is 0.317 e. The van der Waals surface area contributed by atoms with Gasteiger partial charge in [-0.3, -0.25) is 4.57 Å². The molecule has 2 aromatic heterocycles. The van der Waals surface area contributed by atoms with E-state index >= 15 is 0 Å². The minimum atomic E-state index is -3.98. The molecule has 2 aliphatic carbocycles. The van der Waals surface area contributed by atoms with Gasteiger partial charge in [-0.15, -0.1) is 5.10 Å². The van der Waals surface area contributed by atoms with Crippen molar-refractivity contribution >= 4 is 21.7 Å². The van der Waals surface area contributed by atoms with Crippen molar-refractivity contribution in [2.75, 3.05) is 11.9 Å². The molecule has 5 rings (SSSR count). The molecule has 0 spiro atoms. The molecule has 3 N–H and O–H groups in total. The van der Waals surface area contributed by atoms with E-state index in [1.807, 2.05) is 0 Å². The van der Waals surface area contributed by atoms with Crippen LogP contribution in [-0.4, -0.2) is 39.8 Å². The first kappa shape index (κ1) is 25.5. The van der Waals surface area contributed by atoms with Gasteiger partial charge in [-0.25, -0.2) is 27.9 Å². The summed E-state index contributed by atoms with van der Waals surface area (Å²) in [6.45, 7) is 7.17. The minimum absolute atomic E-state index is 0.0606. The first-order chi connectivity index (χ1) is 17.6. The summed E-state index contributed by atoms with van der Waals surface area (Å²) in [5.41, 5.74) is 1.14. The number of sulfonamides is 1. The summed E-state index contributed by atoms with van der Waals surface area (Å²) >= 11 is 0. The number of anilines is 2. The van der Waals surface area contributed by atoms with Gasteiger partial charge in [0.2, 0.25) is 16.0 Å². The van der Waals surface area contributed by atoms with Crippen molar-refractivity contribution in [2.24, 2.45) is 11.1 Å². The van der Waals surface area contributed by atoms with E-state index in [2.05, 4.69) is 50.8 Å². The van der Waals surface area contributed by atoms with Crippen LogP contribution >= 0.6 is 0 Å². The van der Waals surface area contributed by atoms with Crippen molar-refractivity contribution in [2.45, 2.75) is 75.1 Å². The fraction of sp³-hybridized carbons (Fsp3) is 0.520. The van der Waals surface area contributed by atoms with E-state index in [0.29, 0.717) is 30.4 Å². The van der Waals surface area contributed by atoms with E-state index in [9.17, 15) is 12.8 Å². The molecule has 10 nitrogen and oxygen atoms in total. The lowest BCUT2D eigenvalue weighted by Gasteiger charge is -2.35. The average molecular weight is 530 g/mol. The molecule has 1 aromatic carbocycles. The molecule has 0 amide bonds. The largest absolute Gasteiger partial charge is 0.463 e. The van der Waals surface area contributed by atoms with Crippen molar-refractivity contribution in [3.63, 3.8) is 0 Å². The third kappa shape index (κ3) is 5.30. The number of ether oxygens (including phenoxy) is 1. The van der Waals surface area contributed by atoms with Crippen molar-refractivity contribution in [1.29, 1.82) is 0 Å². The highest BCUT2D eigenvalue weighted by Crippen LogP contribution is 2.47. The van der Waals surface area contributed by atoms with Gasteiger partial charge in [-0.2, -0.15) is 0 Å². The lowest BCUT2D eigenvalue weighted by molar-refractivity contribution is 0.141. The number of benzene rings is 1. The Balaban J connectivity index is 1.15. The van der Waals surface area contributed by atoms with Gasteiger partial charge < -0.3 is 10.1 Å². The molecule has 198 valence electrons. The van der Waals surface area contributed by atoms with E-state index in [1.54, 1.807) is 12.4 Å². The first-order valence-electron chi connectivity index (χ1n) is 12.6.